The Morgan fingerprint density at radius 2 is 1.90 bits per heavy atom. The van der Waals surface area contributed by atoms with Crippen molar-refractivity contribution in [3.05, 3.63) is 89.2 Å². The molecule has 1 aromatic carbocycles. The lowest BCUT2D eigenvalue weighted by atomic mass is 9.89. The quantitative estimate of drug-likeness (QED) is 0.627. The fourth-order valence-electron chi connectivity index (χ4n) is 4.38. The lowest BCUT2D eigenvalue weighted by Crippen LogP contribution is -2.31. The van der Waals surface area contributed by atoms with Crippen LogP contribution in [0.2, 0.25) is 0 Å². The molecule has 1 saturated carbocycles. The van der Waals surface area contributed by atoms with E-state index in [1.54, 1.807) is 6.20 Å². The molecule has 1 amide bonds. The van der Waals surface area contributed by atoms with E-state index in [1.165, 1.54) is 29.6 Å². The molecular formula is C26H31N3O. The Bertz CT molecular complexity index is 981. The van der Waals surface area contributed by atoms with Crippen molar-refractivity contribution in [2.75, 3.05) is 0 Å². The molecule has 0 N–H and O–H groups in total. The van der Waals surface area contributed by atoms with Crippen LogP contribution in [0, 0.1) is 0 Å². The Morgan fingerprint density at radius 3 is 2.63 bits per heavy atom. The summed E-state index contributed by atoms with van der Waals surface area (Å²) in [6.07, 6.45) is 16.6. The average molecular weight is 402 g/mol. The zero-order valence-electron chi connectivity index (χ0n) is 18.1. The Hall–Kier alpha value is -2.88. The largest absolute Gasteiger partial charge is 0.337 e. The third-order valence-corrected chi connectivity index (χ3v) is 6.31. The van der Waals surface area contributed by atoms with Gasteiger partial charge in [0.1, 0.15) is 5.82 Å². The second-order valence-electron chi connectivity index (χ2n) is 8.44. The second-order valence-corrected chi connectivity index (χ2v) is 8.44. The van der Waals surface area contributed by atoms with Crippen LogP contribution in [0.25, 0.3) is 0 Å². The number of aryl methyl sites for hydroxylation is 1. The zero-order chi connectivity index (χ0) is 20.9. The van der Waals surface area contributed by atoms with Gasteiger partial charge in [-0.2, -0.15) is 0 Å². The van der Waals surface area contributed by atoms with Crippen molar-refractivity contribution in [3.8, 4) is 0 Å². The van der Waals surface area contributed by atoms with E-state index in [2.05, 4.69) is 42.3 Å². The van der Waals surface area contributed by atoms with Crippen molar-refractivity contribution in [3.63, 3.8) is 0 Å². The molecule has 1 unspecified atom stereocenters. The zero-order valence-corrected chi connectivity index (χ0v) is 18.1. The number of amides is 1. The summed E-state index contributed by atoms with van der Waals surface area (Å²) in [6, 6.07) is 10.3. The summed E-state index contributed by atoms with van der Waals surface area (Å²) in [5, 5.41) is 0. The summed E-state index contributed by atoms with van der Waals surface area (Å²) in [4.78, 5) is 19.9. The van der Waals surface area contributed by atoms with Gasteiger partial charge in [0.05, 0.1) is 6.54 Å². The molecule has 1 fully saturated rings. The first-order valence-electron chi connectivity index (χ1n) is 11.0. The minimum Gasteiger partial charge on any atom is -0.337 e. The van der Waals surface area contributed by atoms with E-state index in [4.69, 9.17) is 0 Å². The highest BCUT2D eigenvalue weighted by atomic mass is 16.2. The molecule has 4 nitrogen and oxygen atoms in total. The van der Waals surface area contributed by atoms with E-state index in [-0.39, 0.29) is 11.8 Å². The number of nitrogens with zero attached hydrogens (tertiary/aromatic N) is 3. The van der Waals surface area contributed by atoms with Crippen LogP contribution in [0.4, 0.5) is 0 Å². The lowest BCUT2D eigenvalue weighted by Gasteiger charge is -2.26. The van der Waals surface area contributed by atoms with Crippen LogP contribution >= 0.6 is 0 Å². The van der Waals surface area contributed by atoms with Crippen molar-refractivity contribution in [2.24, 2.45) is 7.05 Å². The molecule has 1 atom stereocenters. The lowest BCUT2D eigenvalue weighted by molar-refractivity contribution is -0.130. The predicted molar refractivity (Wildman–Crippen MR) is 121 cm³/mol. The van der Waals surface area contributed by atoms with Gasteiger partial charge in [-0.25, -0.2) is 4.98 Å². The summed E-state index contributed by atoms with van der Waals surface area (Å²) in [6.45, 7) is 2.63. The minimum atomic E-state index is 0.155. The summed E-state index contributed by atoms with van der Waals surface area (Å²) < 4.78 is 1.99. The fourth-order valence-corrected chi connectivity index (χ4v) is 4.38. The predicted octanol–water partition coefficient (Wildman–Crippen LogP) is 5.66. The molecule has 0 saturated heterocycles. The average Bonchev–Trinajstić information content (AvgIpc) is 3.05. The molecule has 0 spiro atoms. The topological polar surface area (TPSA) is 38.1 Å². The Labute approximate surface area is 179 Å². The van der Waals surface area contributed by atoms with E-state index in [0.717, 1.165) is 30.8 Å². The van der Waals surface area contributed by atoms with Crippen LogP contribution < -0.4 is 0 Å². The molecule has 2 aromatic rings. The Morgan fingerprint density at radius 1 is 1.13 bits per heavy atom. The molecule has 4 heteroatoms. The van der Waals surface area contributed by atoms with Crippen LogP contribution in [0.15, 0.2) is 77.8 Å². The van der Waals surface area contributed by atoms with Crippen molar-refractivity contribution < 1.29 is 4.79 Å². The number of rotatable bonds is 6. The van der Waals surface area contributed by atoms with Crippen LogP contribution in [0.1, 0.15) is 62.8 Å². The van der Waals surface area contributed by atoms with E-state index >= 15 is 0 Å². The van der Waals surface area contributed by atoms with Gasteiger partial charge in [-0.1, -0.05) is 49.4 Å². The van der Waals surface area contributed by atoms with Crippen LogP contribution in [-0.4, -0.2) is 20.4 Å². The van der Waals surface area contributed by atoms with Gasteiger partial charge in [0.15, 0.2) is 0 Å². The van der Waals surface area contributed by atoms with Crippen molar-refractivity contribution in [2.45, 2.75) is 57.9 Å². The molecule has 0 aliphatic heterocycles. The molecular weight excluding hydrogens is 370 g/mol. The monoisotopic (exact) mass is 401 g/mol. The van der Waals surface area contributed by atoms with Gasteiger partial charge in [0.2, 0.25) is 5.91 Å². The van der Waals surface area contributed by atoms with Crippen LogP contribution in [0.3, 0.4) is 0 Å². The fraction of sp³-hybridized carbons (Fsp3) is 0.385. The third-order valence-electron chi connectivity index (χ3n) is 6.31. The van der Waals surface area contributed by atoms with E-state index in [1.807, 2.05) is 40.9 Å². The van der Waals surface area contributed by atoms with Gasteiger partial charge in [0, 0.05) is 38.0 Å². The number of benzene rings is 1. The van der Waals surface area contributed by atoms with Gasteiger partial charge in [-0.05, 0) is 54.4 Å². The Kier molecular flexibility index (Phi) is 6.32. The SMILES string of the molecule is CC(CC(=O)N(Cc1nccn1C)C1=CC=C2CCCCC2=CC1)c1ccccc1. The van der Waals surface area contributed by atoms with Gasteiger partial charge in [-0.15, -0.1) is 0 Å². The molecule has 1 aromatic heterocycles. The highest BCUT2D eigenvalue weighted by molar-refractivity contribution is 5.79. The summed E-state index contributed by atoms with van der Waals surface area (Å²) in [7, 11) is 1.98. The molecule has 2 aliphatic rings. The normalized spacial score (nSPS) is 17.2. The smallest absolute Gasteiger partial charge is 0.227 e. The van der Waals surface area contributed by atoms with Crippen molar-refractivity contribution in [1.82, 2.24) is 14.5 Å². The molecule has 1 heterocycles. The van der Waals surface area contributed by atoms with Gasteiger partial charge in [0.25, 0.3) is 0 Å². The number of fused-ring (bicyclic) bond motifs is 1. The number of aromatic nitrogens is 2. The van der Waals surface area contributed by atoms with E-state index in [0.29, 0.717) is 13.0 Å². The first-order chi connectivity index (χ1) is 14.6. The highest BCUT2D eigenvalue weighted by Gasteiger charge is 2.23. The minimum absolute atomic E-state index is 0.155. The third kappa shape index (κ3) is 4.64. The number of hydrogen-bond donors (Lipinski definition) is 0. The summed E-state index contributed by atoms with van der Waals surface area (Å²) in [5.74, 6) is 1.23. The molecule has 30 heavy (non-hydrogen) atoms. The molecule has 4 rings (SSSR count). The first-order valence-corrected chi connectivity index (χ1v) is 11.0. The molecule has 0 radical (unpaired) electrons. The maximum atomic E-state index is 13.5. The van der Waals surface area contributed by atoms with E-state index < -0.39 is 0 Å². The standard InChI is InChI=1S/C26H31N3O/c1-20(21-8-4-3-5-9-21)18-26(30)29(19-25-27-16-17-28(25)2)24-14-12-22-10-6-7-11-23(22)13-15-24/h3-5,8-9,12-14,16-17,20H,6-7,10-11,15,18-19H2,1-2H3. The van der Waals surface area contributed by atoms with Gasteiger partial charge < -0.3 is 9.47 Å². The number of carbonyl (C=O) groups is 1. The maximum Gasteiger partial charge on any atom is 0.227 e. The van der Waals surface area contributed by atoms with Gasteiger partial charge >= 0.3 is 0 Å². The summed E-state index contributed by atoms with van der Waals surface area (Å²) in [5.41, 5.74) is 5.18. The van der Waals surface area contributed by atoms with Crippen molar-refractivity contribution in [1.29, 1.82) is 0 Å². The van der Waals surface area contributed by atoms with Crippen LogP contribution in [-0.2, 0) is 18.4 Å². The number of carbonyl (C=O) groups excluding carboxylic acids is 1. The highest BCUT2D eigenvalue weighted by Crippen LogP contribution is 2.33. The Balaban J connectivity index is 1.59. The van der Waals surface area contributed by atoms with Crippen LogP contribution in [0.5, 0.6) is 0 Å². The number of allylic oxidation sites excluding steroid dienone is 5. The first kappa shape index (κ1) is 20.4. The molecule has 156 valence electrons. The second kappa shape index (κ2) is 9.29. The van der Waals surface area contributed by atoms with E-state index in [9.17, 15) is 4.79 Å². The number of hydrogen-bond acceptors (Lipinski definition) is 2. The number of imidazole rings is 1. The molecule has 2 aliphatic carbocycles. The summed E-state index contributed by atoms with van der Waals surface area (Å²) >= 11 is 0. The van der Waals surface area contributed by atoms with Crippen molar-refractivity contribution >= 4 is 5.91 Å². The molecule has 0 bridgehead atoms. The van der Waals surface area contributed by atoms with Gasteiger partial charge in [-0.3, -0.25) is 4.79 Å². The maximum absolute atomic E-state index is 13.5.